The van der Waals surface area contributed by atoms with E-state index in [0.29, 0.717) is 31.3 Å². The third-order valence-electron chi connectivity index (χ3n) is 13.7. The maximum atomic E-state index is 14.3. The number of nitrogens with zero attached hydrogens (tertiary/aromatic N) is 4. The van der Waals surface area contributed by atoms with E-state index in [-0.39, 0.29) is 75.4 Å². The molecule has 2 bridgehead atoms. The number of piperidine rings is 1. The Morgan fingerprint density at radius 3 is 2.27 bits per heavy atom. The molecular weight excluding hydrogens is 811 g/mol. The second kappa shape index (κ2) is 23.3. The van der Waals surface area contributed by atoms with Crippen LogP contribution in [0.25, 0.3) is 0 Å². The number of likely N-dealkylation sites (N-methyl/N-ethyl adjacent to an activating group) is 2. The highest BCUT2D eigenvalue weighted by Gasteiger charge is 2.47. The summed E-state index contributed by atoms with van der Waals surface area (Å²) in [5.74, 6) is -2.64. The Labute approximate surface area is 371 Å². The lowest BCUT2D eigenvalue weighted by molar-refractivity contribution is -0.146. The zero-order valence-electron chi connectivity index (χ0n) is 38.1. The fourth-order valence-corrected chi connectivity index (χ4v) is 9.97. The van der Waals surface area contributed by atoms with E-state index in [1.807, 2.05) is 51.2 Å². The van der Waals surface area contributed by atoms with Crippen molar-refractivity contribution < 1.29 is 47.8 Å². The highest BCUT2D eigenvalue weighted by molar-refractivity contribution is 6.12. The van der Waals surface area contributed by atoms with Crippen LogP contribution in [-0.2, 0) is 54.2 Å². The lowest BCUT2D eigenvalue weighted by atomic mass is 9.90. The molecule has 3 heterocycles. The van der Waals surface area contributed by atoms with Gasteiger partial charge in [0.15, 0.2) is 0 Å². The standard InChI is InChI=1S/C46H69N7O10/c1-8-29(2)41(51(5)40(57)28-48-46(60)42-32-16-17-33(26-32)50(42)4)36(61-6)27-39(56)52-21-12-15-35(52)43(62-7)30(3)44(58)49-34(25-31-13-10-9-11-14-31)45(59)47-20-23-63-24-22-53-37(54)18-19-38(53)55/h9-11,13-14,18-19,29-30,32-36,41-43H,8,12,15-17,20-28H2,1-7H3,(H,47,59)(H,48,60)(H,49,58)/t29?,30?,32?,33?,34-,35?,36?,41?,42?,43?/m0/s1. The van der Waals surface area contributed by atoms with Crippen LogP contribution in [0.5, 0.6) is 0 Å². The first-order valence-electron chi connectivity index (χ1n) is 22.5. The van der Waals surface area contributed by atoms with Crippen molar-refractivity contribution in [2.75, 3.05) is 67.7 Å². The zero-order valence-corrected chi connectivity index (χ0v) is 38.1. The summed E-state index contributed by atoms with van der Waals surface area (Å²) in [5.41, 5.74) is 0.843. The third-order valence-corrected chi connectivity index (χ3v) is 13.7. The van der Waals surface area contributed by atoms with Crippen LogP contribution in [0.15, 0.2) is 42.5 Å². The molecule has 4 aliphatic rings. The van der Waals surface area contributed by atoms with Crippen molar-refractivity contribution >= 4 is 41.4 Å². The summed E-state index contributed by atoms with van der Waals surface area (Å²) in [7, 11) is 6.74. The first-order chi connectivity index (χ1) is 30.2. The Hall–Kier alpha value is -4.71. The number of imide groups is 1. The van der Waals surface area contributed by atoms with E-state index >= 15 is 0 Å². The van der Waals surface area contributed by atoms with E-state index < -0.39 is 59.9 Å². The third kappa shape index (κ3) is 12.3. The largest absolute Gasteiger partial charge is 0.379 e. The number of ether oxygens (including phenoxy) is 3. The quantitative estimate of drug-likeness (QED) is 0.100. The molecule has 63 heavy (non-hydrogen) atoms. The van der Waals surface area contributed by atoms with E-state index in [4.69, 9.17) is 14.2 Å². The minimum Gasteiger partial charge on any atom is -0.379 e. The first kappa shape index (κ1) is 49.3. The Balaban J connectivity index is 1.17. The van der Waals surface area contributed by atoms with Crippen molar-refractivity contribution in [2.45, 2.75) is 115 Å². The normalized spacial score (nSPS) is 23.6. The number of amides is 7. The van der Waals surface area contributed by atoms with Gasteiger partial charge in [-0.25, -0.2) is 0 Å². The molecule has 3 fully saturated rings. The summed E-state index contributed by atoms with van der Waals surface area (Å²) >= 11 is 0. The van der Waals surface area contributed by atoms with Gasteiger partial charge >= 0.3 is 0 Å². The molecule has 1 aromatic rings. The molecule has 348 valence electrons. The van der Waals surface area contributed by atoms with Crippen LogP contribution >= 0.6 is 0 Å². The van der Waals surface area contributed by atoms with E-state index in [0.717, 1.165) is 36.1 Å². The molecule has 17 nitrogen and oxygen atoms in total. The smallest absolute Gasteiger partial charge is 0.253 e. The maximum Gasteiger partial charge on any atom is 0.253 e. The molecule has 3 N–H and O–H groups in total. The Bertz CT molecular complexity index is 1780. The van der Waals surface area contributed by atoms with Crippen LogP contribution in [0.4, 0.5) is 0 Å². The van der Waals surface area contributed by atoms with Crippen molar-refractivity contribution in [3.63, 3.8) is 0 Å². The van der Waals surface area contributed by atoms with Gasteiger partial charge in [-0.15, -0.1) is 0 Å². The molecule has 3 aliphatic heterocycles. The summed E-state index contributed by atoms with van der Waals surface area (Å²) in [5, 5.41) is 8.65. The number of benzene rings is 1. The van der Waals surface area contributed by atoms with Crippen molar-refractivity contribution in [1.29, 1.82) is 0 Å². The molecule has 0 spiro atoms. The van der Waals surface area contributed by atoms with Gasteiger partial charge in [-0.1, -0.05) is 57.5 Å². The molecule has 0 radical (unpaired) electrons. The van der Waals surface area contributed by atoms with Gasteiger partial charge in [-0.2, -0.15) is 0 Å². The second-order valence-electron chi connectivity index (χ2n) is 17.5. The lowest BCUT2D eigenvalue weighted by Crippen LogP contribution is -2.56. The molecule has 1 aliphatic carbocycles. The number of methoxy groups -OCH3 is 2. The summed E-state index contributed by atoms with van der Waals surface area (Å²) in [6.45, 7) is 6.56. The van der Waals surface area contributed by atoms with Crippen molar-refractivity contribution in [3.8, 4) is 0 Å². The highest BCUT2D eigenvalue weighted by atomic mass is 16.5. The summed E-state index contributed by atoms with van der Waals surface area (Å²) in [6, 6.07) is 7.71. The molecular formula is C46H69N7O10. The van der Waals surface area contributed by atoms with E-state index in [1.165, 1.54) is 19.3 Å². The Morgan fingerprint density at radius 2 is 1.63 bits per heavy atom. The molecule has 0 aromatic heterocycles. The van der Waals surface area contributed by atoms with Crippen LogP contribution in [0.2, 0.25) is 0 Å². The molecule has 1 saturated carbocycles. The summed E-state index contributed by atoms with van der Waals surface area (Å²) in [6.07, 6.45) is 6.48. The van der Waals surface area contributed by atoms with E-state index in [1.54, 1.807) is 30.9 Å². The highest BCUT2D eigenvalue weighted by Crippen LogP contribution is 2.41. The van der Waals surface area contributed by atoms with Crippen LogP contribution in [0.1, 0.15) is 71.3 Å². The van der Waals surface area contributed by atoms with E-state index in [2.05, 4.69) is 20.9 Å². The van der Waals surface area contributed by atoms with Gasteiger partial charge in [0, 0.05) is 59.0 Å². The van der Waals surface area contributed by atoms with Gasteiger partial charge in [0.1, 0.15) is 6.04 Å². The van der Waals surface area contributed by atoms with Crippen molar-refractivity contribution in [1.82, 2.24) is 35.6 Å². The molecule has 10 atom stereocenters. The number of hydrogen-bond donors (Lipinski definition) is 3. The van der Waals surface area contributed by atoms with Gasteiger partial charge in [-0.3, -0.25) is 43.4 Å². The molecule has 5 rings (SSSR count). The zero-order chi connectivity index (χ0) is 45.8. The average molecular weight is 880 g/mol. The van der Waals surface area contributed by atoms with Gasteiger partial charge in [0.25, 0.3) is 11.8 Å². The average Bonchev–Trinajstić information content (AvgIpc) is 4.09. The lowest BCUT2D eigenvalue weighted by Gasteiger charge is -2.39. The maximum absolute atomic E-state index is 14.3. The van der Waals surface area contributed by atoms with Gasteiger partial charge in [-0.05, 0) is 56.6 Å². The van der Waals surface area contributed by atoms with Crippen LogP contribution in [-0.4, -0.2) is 171 Å². The van der Waals surface area contributed by atoms with Gasteiger partial charge in [0.05, 0.1) is 69.0 Å². The number of fused-ring (bicyclic) bond motifs is 2. The van der Waals surface area contributed by atoms with Crippen molar-refractivity contribution in [2.24, 2.45) is 17.8 Å². The monoisotopic (exact) mass is 880 g/mol. The predicted molar refractivity (Wildman–Crippen MR) is 234 cm³/mol. The van der Waals surface area contributed by atoms with Crippen LogP contribution < -0.4 is 16.0 Å². The van der Waals surface area contributed by atoms with Crippen molar-refractivity contribution in [3.05, 3.63) is 48.0 Å². The number of likely N-dealkylation sites (tertiary alicyclic amines) is 2. The fourth-order valence-electron chi connectivity index (χ4n) is 9.97. The predicted octanol–water partition coefficient (Wildman–Crippen LogP) is 1.29. The molecule has 9 unspecified atom stereocenters. The number of carbonyl (C=O) groups excluding carboxylic acids is 7. The summed E-state index contributed by atoms with van der Waals surface area (Å²) < 4.78 is 17.5. The topological polar surface area (TPSA) is 196 Å². The first-order valence-corrected chi connectivity index (χ1v) is 22.5. The van der Waals surface area contributed by atoms with Crippen LogP contribution in [0.3, 0.4) is 0 Å². The molecule has 17 heteroatoms. The van der Waals surface area contributed by atoms with E-state index in [9.17, 15) is 33.6 Å². The van der Waals surface area contributed by atoms with Crippen LogP contribution in [0, 0.1) is 17.8 Å². The molecule has 1 aromatic carbocycles. The number of hydrogen-bond acceptors (Lipinski definition) is 11. The van der Waals surface area contributed by atoms with Gasteiger partial charge < -0.3 is 40.0 Å². The fraction of sp³-hybridized carbons (Fsp3) is 0.674. The second-order valence-corrected chi connectivity index (χ2v) is 17.5. The molecule has 2 saturated heterocycles. The van der Waals surface area contributed by atoms with Gasteiger partial charge in [0.2, 0.25) is 29.5 Å². The minimum atomic E-state index is -0.931. The SMILES string of the molecule is CCC(C)C(C(CC(=O)N1CCCC1C(OC)C(C)C(=O)N[C@@H](Cc1ccccc1)C(=O)NCCOCCN1C(=O)C=CC1=O)OC)N(C)C(=O)CNC(=O)C1C2CCC(C2)N1C. The Kier molecular flexibility index (Phi) is 18.2. The number of carbonyl (C=O) groups is 7. The number of nitrogens with one attached hydrogen (secondary N) is 3. The minimum absolute atomic E-state index is 0.00627. The molecule has 7 amide bonds. The Morgan fingerprint density at radius 1 is 0.921 bits per heavy atom. The number of rotatable bonds is 24. The summed E-state index contributed by atoms with van der Waals surface area (Å²) in [4.78, 5) is 98.8.